The number of carbonyl (C=O) groups excluding carboxylic acids is 1. The number of aryl methyl sites for hydroxylation is 2. The maximum absolute atomic E-state index is 11.8. The SMILES string of the molecule is Cc1nc(CCC(=O)N2CCOCC2)cs1. The molecule has 0 spiro atoms. The molecule has 0 bridgehead atoms. The standard InChI is InChI=1S/C11H16N2O2S/c1-9-12-10(8-16-9)2-3-11(14)13-4-6-15-7-5-13/h8H,2-7H2,1H3. The zero-order chi connectivity index (χ0) is 11.4. The van der Waals surface area contributed by atoms with Crippen molar-refractivity contribution in [3.8, 4) is 0 Å². The first-order chi connectivity index (χ1) is 7.75. The molecule has 0 unspecified atom stereocenters. The Balaban J connectivity index is 1.78. The molecule has 0 N–H and O–H groups in total. The summed E-state index contributed by atoms with van der Waals surface area (Å²) < 4.78 is 5.21. The van der Waals surface area contributed by atoms with E-state index in [4.69, 9.17) is 4.74 Å². The van der Waals surface area contributed by atoms with Crippen LogP contribution in [0.4, 0.5) is 0 Å². The molecule has 2 heterocycles. The van der Waals surface area contributed by atoms with Gasteiger partial charge in [0.15, 0.2) is 0 Å². The lowest BCUT2D eigenvalue weighted by atomic mass is 10.2. The Morgan fingerprint density at radius 2 is 2.31 bits per heavy atom. The van der Waals surface area contributed by atoms with E-state index >= 15 is 0 Å². The fraction of sp³-hybridized carbons (Fsp3) is 0.636. The predicted molar refractivity (Wildman–Crippen MR) is 62.6 cm³/mol. The molecular formula is C11H16N2O2S. The van der Waals surface area contributed by atoms with Gasteiger partial charge in [-0.25, -0.2) is 4.98 Å². The lowest BCUT2D eigenvalue weighted by molar-refractivity contribution is -0.135. The molecule has 1 aliphatic rings. The van der Waals surface area contributed by atoms with Crippen LogP contribution in [0.1, 0.15) is 17.1 Å². The summed E-state index contributed by atoms with van der Waals surface area (Å²) in [6.07, 6.45) is 1.31. The molecule has 0 aromatic carbocycles. The normalized spacial score (nSPS) is 16.4. The molecule has 1 amide bonds. The van der Waals surface area contributed by atoms with Crippen molar-refractivity contribution in [1.29, 1.82) is 0 Å². The lowest BCUT2D eigenvalue weighted by Crippen LogP contribution is -2.40. The summed E-state index contributed by atoms with van der Waals surface area (Å²) in [6.45, 7) is 4.78. The molecule has 0 atom stereocenters. The number of thiazole rings is 1. The minimum absolute atomic E-state index is 0.217. The van der Waals surface area contributed by atoms with Crippen molar-refractivity contribution in [1.82, 2.24) is 9.88 Å². The van der Waals surface area contributed by atoms with Gasteiger partial charge in [-0.2, -0.15) is 0 Å². The largest absolute Gasteiger partial charge is 0.378 e. The first kappa shape index (κ1) is 11.5. The average Bonchev–Trinajstić information content (AvgIpc) is 2.73. The number of amides is 1. The molecule has 1 aliphatic heterocycles. The summed E-state index contributed by atoms with van der Waals surface area (Å²) in [4.78, 5) is 18.1. The highest BCUT2D eigenvalue weighted by Crippen LogP contribution is 2.11. The Bertz CT molecular complexity index is 359. The van der Waals surface area contributed by atoms with E-state index in [0.29, 0.717) is 19.6 Å². The minimum Gasteiger partial charge on any atom is -0.378 e. The Kier molecular flexibility index (Phi) is 3.90. The van der Waals surface area contributed by atoms with Crippen molar-refractivity contribution in [2.75, 3.05) is 26.3 Å². The van der Waals surface area contributed by atoms with Crippen LogP contribution in [0.15, 0.2) is 5.38 Å². The molecule has 0 aliphatic carbocycles. The highest BCUT2D eigenvalue weighted by molar-refractivity contribution is 7.09. The van der Waals surface area contributed by atoms with Crippen LogP contribution < -0.4 is 0 Å². The van der Waals surface area contributed by atoms with E-state index < -0.39 is 0 Å². The van der Waals surface area contributed by atoms with Crippen LogP contribution in [0.5, 0.6) is 0 Å². The lowest BCUT2D eigenvalue weighted by Gasteiger charge is -2.26. The molecule has 88 valence electrons. The van der Waals surface area contributed by atoms with E-state index in [1.165, 1.54) is 0 Å². The molecular weight excluding hydrogens is 224 g/mol. The second kappa shape index (κ2) is 5.41. The van der Waals surface area contributed by atoms with Crippen LogP contribution in [0.25, 0.3) is 0 Å². The summed E-state index contributed by atoms with van der Waals surface area (Å²) in [7, 11) is 0. The van der Waals surface area contributed by atoms with Crippen molar-refractivity contribution >= 4 is 17.2 Å². The number of ether oxygens (including phenoxy) is 1. The van der Waals surface area contributed by atoms with Gasteiger partial charge >= 0.3 is 0 Å². The minimum atomic E-state index is 0.217. The molecule has 1 aromatic rings. The van der Waals surface area contributed by atoms with Gasteiger partial charge < -0.3 is 9.64 Å². The van der Waals surface area contributed by atoms with Gasteiger partial charge in [0.2, 0.25) is 5.91 Å². The molecule has 0 saturated carbocycles. The van der Waals surface area contributed by atoms with Gasteiger partial charge in [-0.1, -0.05) is 0 Å². The zero-order valence-corrected chi connectivity index (χ0v) is 10.3. The molecule has 1 fully saturated rings. The van der Waals surface area contributed by atoms with Crippen LogP contribution in [0, 0.1) is 6.92 Å². The van der Waals surface area contributed by atoms with E-state index in [1.54, 1.807) is 11.3 Å². The summed E-state index contributed by atoms with van der Waals surface area (Å²) >= 11 is 1.64. The number of aromatic nitrogens is 1. The molecule has 1 saturated heterocycles. The highest BCUT2D eigenvalue weighted by atomic mass is 32.1. The Hall–Kier alpha value is -0.940. The first-order valence-corrected chi connectivity index (χ1v) is 6.40. The number of nitrogens with zero attached hydrogens (tertiary/aromatic N) is 2. The van der Waals surface area contributed by atoms with Crippen LogP contribution in [-0.2, 0) is 16.0 Å². The Morgan fingerprint density at radius 1 is 1.56 bits per heavy atom. The van der Waals surface area contributed by atoms with Crippen LogP contribution in [0.3, 0.4) is 0 Å². The van der Waals surface area contributed by atoms with Crippen molar-refractivity contribution < 1.29 is 9.53 Å². The Morgan fingerprint density at radius 3 is 2.94 bits per heavy atom. The number of carbonyl (C=O) groups is 1. The van der Waals surface area contributed by atoms with E-state index in [9.17, 15) is 4.79 Å². The predicted octanol–water partition coefficient (Wildman–Crippen LogP) is 1.24. The number of hydrogen-bond donors (Lipinski definition) is 0. The molecule has 1 aromatic heterocycles. The third-order valence-corrected chi connectivity index (χ3v) is 3.45. The fourth-order valence-corrected chi connectivity index (χ4v) is 2.38. The van der Waals surface area contributed by atoms with Gasteiger partial charge in [0.05, 0.1) is 23.9 Å². The maximum Gasteiger partial charge on any atom is 0.223 e. The summed E-state index contributed by atoms with van der Waals surface area (Å²) in [5.41, 5.74) is 1.03. The highest BCUT2D eigenvalue weighted by Gasteiger charge is 2.16. The summed E-state index contributed by atoms with van der Waals surface area (Å²) in [6, 6.07) is 0. The van der Waals surface area contributed by atoms with Gasteiger partial charge in [-0.05, 0) is 13.3 Å². The van der Waals surface area contributed by atoms with Crippen LogP contribution in [-0.4, -0.2) is 42.1 Å². The molecule has 5 heteroatoms. The van der Waals surface area contributed by atoms with Gasteiger partial charge in [-0.3, -0.25) is 4.79 Å². The van der Waals surface area contributed by atoms with Gasteiger partial charge in [0, 0.05) is 24.9 Å². The number of rotatable bonds is 3. The smallest absolute Gasteiger partial charge is 0.223 e. The Labute approximate surface area is 99.2 Å². The van der Waals surface area contributed by atoms with E-state index in [2.05, 4.69) is 4.98 Å². The first-order valence-electron chi connectivity index (χ1n) is 5.52. The van der Waals surface area contributed by atoms with Crippen molar-refractivity contribution in [2.24, 2.45) is 0 Å². The van der Waals surface area contributed by atoms with Crippen molar-refractivity contribution in [3.63, 3.8) is 0 Å². The second-order valence-corrected chi connectivity index (χ2v) is 4.91. The van der Waals surface area contributed by atoms with Gasteiger partial charge in [0.25, 0.3) is 0 Å². The van der Waals surface area contributed by atoms with Crippen molar-refractivity contribution in [2.45, 2.75) is 19.8 Å². The number of hydrogen-bond acceptors (Lipinski definition) is 4. The second-order valence-electron chi connectivity index (χ2n) is 3.85. The zero-order valence-electron chi connectivity index (χ0n) is 9.44. The molecule has 16 heavy (non-hydrogen) atoms. The fourth-order valence-electron chi connectivity index (χ4n) is 1.73. The summed E-state index contributed by atoms with van der Waals surface area (Å²) in [5.74, 6) is 0.217. The topological polar surface area (TPSA) is 42.4 Å². The van der Waals surface area contributed by atoms with Gasteiger partial charge in [-0.15, -0.1) is 11.3 Å². The van der Waals surface area contributed by atoms with Gasteiger partial charge in [0.1, 0.15) is 0 Å². The maximum atomic E-state index is 11.8. The monoisotopic (exact) mass is 240 g/mol. The summed E-state index contributed by atoms with van der Waals surface area (Å²) in [5, 5.41) is 3.09. The quantitative estimate of drug-likeness (QED) is 0.798. The third-order valence-electron chi connectivity index (χ3n) is 2.63. The van der Waals surface area contributed by atoms with E-state index in [0.717, 1.165) is 30.2 Å². The van der Waals surface area contributed by atoms with E-state index in [-0.39, 0.29) is 5.91 Å². The molecule has 4 nitrogen and oxygen atoms in total. The van der Waals surface area contributed by atoms with Crippen LogP contribution >= 0.6 is 11.3 Å². The van der Waals surface area contributed by atoms with E-state index in [1.807, 2.05) is 17.2 Å². The molecule has 2 rings (SSSR count). The third kappa shape index (κ3) is 3.02. The number of morpholine rings is 1. The van der Waals surface area contributed by atoms with Crippen LogP contribution in [0.2, 0.25) is 0 Å². The van der Waals surface area contributed by atoms with Crippen molar-refractivity contribution in [3.05, 3.63) is 16.1 Å². The molecule has 0 radical (unpaired) electrons. The average molecular weight is 240 g/mol.